The van der Waals surface area contributed by atoms with Gasteiger partial charge in [0.05, 0.1) is 5.60 Å². The second-order valence-electron chi connectivity index (χ2n) is 5.43. The Morgan fingerprint density at radius 2 is 2.06 bits per heavy atom. The largest absolute Gasteiger partial charge is 0.375 e. The Hall–Kier alpha value is -0.610. The third kappa shape index (κ3) is 10.3. The van der Waals surface area contributed by atoms with Gasteiger partial charge in [0, 0.05) is 26.1 Å². The van der Waals surface area contributed by atoms with Crippen molar-refractivity contribution in [2.75, 3.05) is 19.7 Å². The Bertz CT molecular complexity index is 215. The van der Waals surface area contributed by atoms with Crippen molar-refractivity contribution in [2.24, 2.45) is 11.7 Å². The molecule has 0 radical (unpaired) electrons. The highest BCUT2D eigenvalue weighted by atomic mass is 16.5. The Morgan fingerprint density at radius 1 is 1.41 bits per heavy atom. The van der Waals surface area contributed by atoms with Crippen molar-refractivity contribution in [1.29, 1.82) is 0 Å². The fraction of sp³-hybridized carbons (Fsp3) is 0.923. The Morgan fingerprint density at radius 3 is 2.59 bits per heavy atom. The Balaban J connectivity index is 3.66. The van der Waals surface area contributed by atoms with Crippen molar-refractivity contribution in [3.05, 3.63) is 0 Å². The van der Waals surface area contributed by atoms with Crippen LogP contribution < -0.4 is 11.1 Å². The number of carbonyl (C=O) groups is 1. The molecule has 0 aromatic heterocycles. The molecule has 0 fully saturated rings. The molecule has 4 nitrogen and oxygen atoms in total. The van der Waals surface area contributed by atoms with Crippen LogP contribution >= 0.6 is 0 Å². The van der Waals surface area contributed by atoms with E-state index in [1.165, 1.54) is 0 Å². The van der Waals surface area contributed by atoms with E-state index in [4.69, 9.17) is 10.5 Å². The molecule has 0 rings (SSSR count). The van der Waals surface area contributed by atoms with Gasteiger partial charge in [0.2, 0.25) is 5.91 Å². The van der Waals surface area contributed by atoms with Crippen LogP contribution in [0.3, 0.4) is 0 Å². The monoisotopic (exact) mass is 244 g/mol. The molecule has 0 aliphatic rings. The minimum atomic E-state index is -0.176. The minimum Gasteiger partial charge on any atom is -0.375 e. The van der Waals surface area contributed by atoms with Crippen molar-refractivity contribution in [3.8, 4) is 0 Å². The van der Waals surface area contributed by atoms with Crippen molar-refractivity contribution >= 4 is 5.91 Å². The van der Waals surface area contributed by atoms with Gasteiger partial charge in [0.25, 0.3) is 0 Å². The van der Waals surface area contributed by atoms with Crippen LogP contribution in [0.25, 0.3) is 0 Å². The lowest BCUT2D eigenvalue weighted by molar-refractivity contribution is -0.121. The quantitative estimate of drug-likeness (QED) is 0.648. The van der Waals surface area contributed by atoms with E-state index in [2.05, 4.69) is 33.0 Å². The van der Waals surface area contributed by atoms with Crippen LogP contribution in [0.15, 0.2) is 0 Å². The molecule has 0 saturated heterocycles. The summed E-state index contributed by atoms with van der Waals surface area (Å²) in [6.45, 7) is 10.3. The third-order valence-electron chi connectivity index (χ3n) is 2.61. The lowest BCUT2D eigenvalue weighted by Crippen LogP contribution is -2.33. The molecule has 0 heterocycles. The smallest absolute Gasteiger partial charge is 0.221 e. The van der Waals surface area contributed by atoms with E-state index in [0.717, 1.165) is 19.4 Å². The summed E-state index contributed by atoms with van der Waals surface area (Å²) in [5.74, 6) is 0.681. The van der Waals surface area contributed by atoms with E-state index in [1.54, 1.807) is 0 Å². The molecule has 17 heavy (non-hydrogen) atoms. The first-order valence-corrected chi connectivity index (χ1v) is 6.48. The molecule has 0 saturated carbocycles. The molecule has 0 unspecified atom stereocenters. The molecule has 4 heteroatoms. The van der Waals surface area contributed by atoms with Crippen LogP contribution in [0, 0.1) is 5.92 Å². The van der Waals surface area contributed by atoms with E-state index in [1.807, 2.05) is 0 Å². The van der Waals surface area contributed by atoms with Crippen LogP contribution in [0.1, 0.15) is 47.0 Å². The van der Waals surface area contributed by atoms with Gasteiger partial charge in [-0.15, -0.1) is 0 Å². The maximum Gasteiger partial charge on any atom is 0.221 e. The number of ether oxygens (including phenoxy) is 1. The highest BCUT2D eigenvalue weighted by Gasteiger charge is 2.18. The third-order valence-corrected chi connectivity index (χ3v) is 2.61. The molecule has 0 bridgehead atoms. The molecular formula is C13H28N2O2. The van der Waals surface area contributed by atoms with Gasteiger partial charge in [-0.3, -0.25) is 4.79 Å². The fourth-order valence-electron chi connectivity index (χ4n) is 1.37. The lowest BCUT2D eigenvalue weighted by Gasteiger charge is -2.26. The number of nitrogens with one attached hydrogen (secondary N) is 1. The summed E-state index contributed by atoms with van der Waals surface area (Å²) in [6, 6.07) is 0. The zero-order valence-corrected chi connectivity index (χ0v) is 11.7. The molecule has 0 aliphatic carbocycles. The van der Waals surface area contributed by atoms with Crippen LogP contribution in [-0.4, -0.2) is 31.2 Å². The van der Waals surface area contributed by atoms with Crippen LogP contribution in [0.2, 0.25) is 0 Å². The summed E-state index contributed by atoms with van der Waals surface area (Å²) >= 11 is 0. The van der Waals surface area contributed by atoms with E-state index in [-0.39, 0.29) is 11.5 Å². The lowest BCUT2D eigenvalue weighted by atomic mass is 10.0. The first-order chi connectivity index (χ1) is 7.87. The maximum absolute atomic E-state index is 11.2. The molecular weight excluding hydrogens is 216 g/mol. The van der Waals surface area contributed by atoms with Gasteiger partial charge >= 0.3 is 0 Å². The summed E-state index contributed by atoms with van der Waals surface area (Å²) < 4.78 is 5.81. The van der Waals surface area contributed by atoms with Crippen LogP contribution in [0.4, 0.5) is 0 Å². The molecule has 102 valence electrons. The topological polar surface area (TPSA) is 64.3 Å². The molecule has 0 aliphatic heterocycles. The number of carbonyl (C=O) groups excluding carboxylic acids is 1. The first-order valence-electron chi connectivity index (χ1n) is 6.48. The summed E-state index contributed by atoms with van der Waals surface area (Å²) in [5, 5.41) is 2.84. The molecule has 3 N–H and O–H groups in total. The van der Waals surface area contributed by atoms with Gasteiger partial charge in [-0.1, -0.05) is 13.8 Å². The van der Waals surface area contributed by atoms with E-state index >= 15 is 0 Å². The van der Waals surface area contributed by atoms with Gasteiger partial charge in [-0.2, -0.15) is 0 Å². The highest BCUT2D eigenvalue weighted by Crippen LogP contribution is 2.15. The molecule has 1 amide bonds. The Kier molecular flexibility index (Phi) is 8.17. The summed E-state index contributed by atoms with van der Waals surface area (Å²) in [4.78, 5) is 11.2. The summed E-state index contributed by atoms with van der Waals surface area (Å²) in [6.07, 6.45) is 2.29. The predicted molar refractivity (Wildman–Crippen MR) is 70.8 cm³/mol. The normalized spacial score (nSPS) is 11.9. The standard InChI is InChI=1S/C13H28N2O2/c1-11(2)6-10-17-13(3,4)7-9-15-12(16)5-8-14/h11H,5-10,14H2,1-4H3,(H,15,16). The number of amides is 1. The zero-order chi connectivity index (χ0) is 13.3. The molecule has 0 spiro atoms. The number of rotatable bonds is 9. The van der Waals surface area contributed by atoms with E-state index in [0.29, 0.717) is 25.4 Å². The maximum atomic E-state index is 11.2. The van der Waals surface area contributed by atoms with E-state index in [9.17, 15) is 4.79 Å². The predicted octanol–water partition coefficient (Wildman–Crippen LogP) is 1.68. The summed E-state index contributed by atoms with van der Waals surface area (Å²) in [7, 11) is 0. The Labute approximate surface area is 105 Å². The molecule has 0 aromatic rings. The average Bonchev–Trinajstić information content (AvgIpc) is 2.16. The van der Waals surface area contributed by atoms with Crippen molar-refractivity contribution < 1.29 is 9.53 Å². The SMILES string of the molecule is CC(C)CCOC(C)(C)CCNC(=O)CCN. The average molecular weight is 244 g/mol. The van der Waals surface area contributed by atoms with Gasteiger partial charge in [-0.25, -0.2) is 0 Å². The fourth-order valence-corrected chi connectivity index (χ4v) is 1.37. The van der Waals surface area contributed by atoms with Gasteiger partial charge in [0.15, 0.2) is 0 Å². The molecule has 0 atom stereocenters. The van der Waals surface area contributed by atoms with E-state index < -0.39 is 0 Å². The number of hydrogen-bond donors (Lipinski definition) is 2. The highest BCUT2D eigenvalue weighted by molar-refractivity contribution is 5.75. The second kappa shape index (κ2) is 8.48. The molecule has 0 aromatic carbocycles. The van der Waals surface area contributed by atoms with Crippen LogP contribution in [0.5, 0.6) is 0 Å². The summed E-state index contributed by atoms with van der Waals surface area (Å²) in [5.41, 5.74) is 5.12. The van der Waals surface area contributed by atoms with Crippen molar-refractivity contribution in [2.45, 2.75) is 52.6 Å². The van der Waals surface area contributed by atoms with Gasteiger partial charge in [-0.05, 0) is 32.6 Å². The van der Waals surface area contributed by atoms with Crippen molar-refractivity contribution in [1.82, 2.24) is 5.32 Å². The van der Waals surface area contributed by atoms with Gasteiger partial charge in [0.1, 0.15) is 0 Å². The number of nitrogens with two attached hydrogens (primary N) is 1. The first kappa shape index (κ1) is 16.4. The van der Waals surface area contributed by atoms with Crippen molar-refractivity contribution in [3.63, 3.8) is 0 Å². The minimum absolute atomic E-state index is 0.0190. The van der Waals surface area contributed by atoms with Gasteiger partial charge < -0.3 is 15.8 Å². The van der Waals surface area contributed by atoms with Crippen LogP contribution in [-0.2, 0) is 9.53 Å². The zero-order valence-electron chi connectivity index (χ0n) is 11.7. The second-order valence-corrected chi connectivity index (χ2v) is 5.43. The number of hydrogen-bond acceptors (Lipinski definition) is 3.